The van der Waals surface area contributed by atoms with E-state index in [1.807, 2.05) is 13.8 Å². The van der Waals surface area contributed by atoms with E-state index in [9.17, 15) is 8.42 Å². The molecule has 0 heterocycles. The first-order valence-electron chi connectivity index (χ1n) is 4.62. The molecular weight excluding hydrogens is 210 g/mol. The van der Waals surface area contributed by atoms with Gasteiger partial charge in [-0.15, -0.1) is 11.6 Å². The fourth-order valence-corrected chi connectivity index (χ4v) is 3.02. The Morgan fingerprint density at radius 1 is 1.31 bits per heavy atom. The van der Waals surface area contributed by atoms with E-state index in [4.69, 9.17) is 11.6 Å². The lowest BCUT2D eigenvalue weighted by Crippen LogP contribution is -2.33. The van der Waals surface area contributed by atoms with Gasteiger partial charge in [0.05, 0.1) is 5.75 Å². The van der Waals surface area contributed by atoms with Crippen molar-refractivity contribution in [2.75, 3.05) is 24.7 Å². The standard InChI is InChI=1S/C8H18ClNO2S/c1-3-7-10(4-2)13(11,12)8-5-6-9/h3-8H2,1-2H3. The summed E-state index contributed by atoms with van der Waals surface area (Å²) in [6.07, 6.45) is 1.39. The molecule has 0 N–H and O–H groups in total. The second kappa shape index (κ2) is 6.62. The molecule has 0 aromatic carbocycles. The lowest BCUT2D eigenvalue weighted by Gasteiger charge is -2.19. The van der Waals surface area contributed by atoms with Crippen LogP contribution in [0.15, 0.2) is 0 Å². The molecule has 0 spiro atoms. The number of hydrogen-bond acceptors (Lipinski definition) is 2. The van der Waals surface area contributed by atoms with Gasteiger partial charge in [-0.2, -0.15) is 0 Å². The Balaban J connectivity index is 4.21. The molecule has 0 unspecified atom stereocenters. The Kier molecular flexibility index (Phi) is 6.73. The van der Waals surface area contributed by atoms with E-state index in [-0.39, 0.29) is 5.75 Å². The SMILES string of the molecule is CCCN(CC)S(=O)(=O)CCCCl. The Morgan fingerprint density at radius 3 is 2.31 bits per heavy atom. The van der Waals surface area contributed by atoms with Crippen LogP contribution in [0.25, 0.3) is 0 Å². The first-order valence-corrected chi connectivity index (χ1v) is 6.76. The minimum absolute atomic E-state index is 0.171. The second-order valence-corrected chi connectivity index (χ2v) is 5.32. The number of nitrogens with zero attached hydrogens (tertiary/aromatic N) is 1. The van der Waals surface area contributed by atoms with Crippen molar-refractivity contribution in [3.8, 4) is 0 Å². The molecule has 13 heavy (non-hydrogen) atoms. The summed E-state index contributed by atoms with van der Waals surface area (Å²) < 4.78 is 24.7. The molecule has 0 saturated carbocycles. The van der Waals surface area contributed by atoms with Crippen LogP contribution < -0.4 is 0 Å². The summed E-state index contributed by atoms with van der Waals surface area (Å²) in [4.78, 5) is 0. The average Bonchev–Trinajstić information content (AvgIpc) is 2.10. The summed E-state index contributed by atoms with van der Waals surface area (Å²) >= 11 is 5.45. The summed E-state index contributed by atoms with van der Waals surface area (Å²) in [5.41, 5.74) is 0. The van der Waals surface area contributed by atoms with Crippen LogP contribution >= 0.6 is 11.6 Å². The molecule has 0 aromatic heterocycles. The quantitative estimate of drug-likeness (QED) is 0.621. The first-order chi connectivity index (χ1) is 6.08. The van der Waals surface area contributed by atoms with Gasteiger partial charge in [0.1, 0.15) is 0 Å². The fourth-order valence-electron chi connectivity index (χ4n) is 1.11. The molecule has 0 aromatic rings. The van der Waals surface area contributed by atoms with Crippen molar-refractivity contribution in [2.45, 2.75) is 26.7 Å². The molecule has 5 heteroatoms. The van der Waals surface area contributed by atoms with Gasteiger partial charge in [-0.1, -0.05) is 13.8 Å². The maximum absolute atomic E-state index is 11.6. The van der Waals surface area contributed by atoms with Gasteiger partial charge in [0.25, 0.3) is 0 Å². The predicted molar refractivity (Wildman–Crippen MR) is 56.7 cm³/mol. The summed E-state index contributed by atoms with van der Waals surface area (Å²) in [6, 6.07) is 0. The topological polar surface area (TPSA) is 37.4 Å². The molecule has 0 amide bonds. The zero-order chi connectivity index (χ0) is 10.3. The number of alkyl halides is 1. The van der Waals surface area contributed by atoms with Gasteiger partial charge < -0.3 is 0 Å². The average molecular weight is 228 g/mol. The highest BCUT2D eigenvalue weighted by Crippen LogP contribution is 2.04. The maximum atomic E-state index is 11.6. The van der Waals surface area contributed by atoms with Gasteiger partial charge in [-0.25, -0.2) is 12.7 Å². The fraction of sp³-hybridized carbons (Fsp3) is 1.00. The lowest BCUT2D eigenvalue weighted by atomic mass is 10.5. The van der Waals surface area contributed by atoms with Crippen LogP contribution in [0.4, 0.5) is 0 Å². The second-order valence-electron chi connectivity index (χ2n) is 2.85. The van der Waals surface area contributed by atoms with Crippen LogP contribution in [0.2, 0.25) is 0 Å². The smallest absolute Gasteiger partial charge is 0.212 e. The van der Waals surface area contributed by atoms with E-state index in [0.717, 1.165) is 6.42 Å². The van der Waals surface area contributed by atoms with E-state index in [1.54, 1.807) is 0 Å². The molecule has 80 valence electrons. The van der Waals surface area contributed by atoms with Gasteiger partial charge in [0.15, 0.2) is 0 Å². The maximum Gasteiger partial charge on any atom is 0.214 e. The van der Waals surface area contributed by atoms with Crippen LogP contribution in [-0.2, 0) is 10.0 Å². The highest BCUT2D eigenvalue weighted by Gasteiger charge is 2.18. The van der Waals surface area contributed by atoms with Crippen molar-refractivity contribution in [2.24, 2.45) is 0 Å². The Hall–Kier alpha value is 0.200. The molecule has 0 aliphatic heterocycles. The van der Waals surface area contributed by atoms with E-state index in [1.165, 1.54) is 4.31 Å². The lowest BCUT2D eigenvalue weighted by molar-refractivity contribution is 0.427. The summed E-state index contributed by atoms with van der Waals surface area (Å²) in [5, 5.41) is 0. The number of sulfonamides is 1. The summed E-state index contributed by atoms with van der Waals surface area (Å²) in [6.45, 7) is 4.99. The van der Waals surface area contributed by atoms with Gasteiger partial charge in [-0.05, 0) is 12.8 Å². The molecule has 0 atom stereocenters. The largest absolute Gasteiger partial charge is 0.214 e. The normalized spacial score (nSPS) is 12.3. The van der Waals surface area contributed by atoms with Crippen molar-refractivity contribution in [1.82, 2.24) is 4.31 Å². The van der Waals surface area contributed by atoms with Gasteiger partial charge >= 0.3 is 0 Å². The Morgan fingerprint density at radius 2 is 1.92 bits per heavy atom. The Labute approximate surface area is 86.1 Å². The monoisotopic (exact) mass is 227 g/mol. The summed E-state index contributed by atoms with van der Waals surface area (Å²) in [5.74, 6) is 0.577. The molecule has 0 saturated heterocycles. The van der Waals surface area contributed by atoms with Crippen LogP contribution in [0.3, 0.4) is 0 Å². The first kappa shape index (κ1) is 13.2. The van der Waals surface area contributed by atoms with Crippen LogP contribution in [0, 0.1) is 0 Å². The van der Waals surface area contributed by atoms with E-state index in [0.29, 0.717) is 25.4 Å². The molecule has 0 fully saturated rings. The number of rotatable bonds is 7. The molecule has 0 bridgehead atoms. The minimum atomic E-state index is -3.05. The predicted octanol–water partition coefficient (Wildman–Crippen LogP) is 1.68. The third kappa shape index (κ3) is 4.84. The van der Waals surface area contributed by atoms with Crippen LogP contribution in [0.5, 0.6) is 0 Å². The van der Waals surface area contributed by atoms with Gasteiger partial charge in [0.2, 0.25) is 10.0 Å². The molecule has 0 rings (SSSR count). The third-order valence-electron chi connectivity index (χ3n) is 1.76. The molecule has 0 aliphatic carbocycles. The zero-order valence-corrected chi connectivity index (χ0v) is 9.86. The Bertz CT molecular complexity index is 216. The zero-order valence-electron chi connectivity index (χ0n) is 8.29. The molecule has 0 aliphatic rings. The molecule has 0 radical (unpaired) electrons. The van der Waals surface area contributed by atoms with Crippen molar-refractivity contribution in [3.05, 3.63) is 0 Å². The van der Waals surface area contributed by atoms with E-state index in [2.05, 4.69) is 0 Å². The highest BCUT2D eigenvalue weighted by atomic mass is 35.5. The van der Waals surface area contributed by atoms with Crippen molar-refractivity contribution >= 4 is 21.6 Å². The van der Waals surface area contributed by atoms with Crippen molar-refractivity contribution < 1.29 is 8.42 Å². The third-order valence-corrected chi connectivity index (χ3v) is 4.05. The van der Waals surface area contributed by atoms with E-state index < -0.39 is 10.0 Å². The summed E-state index contributed by atoms with van der Waals surface area (Å²) in [7, 11) is -3.05. The van der Waals surface area contributed by atoms with Crippen molar-refractivity contribution in [1.29, 1.82) is 0 Å². The van der Waals surface area contributed by atoms with Crippen LogP contribution in [-0.4, -0.2) is 37.4 Å². The molecular formula is C8H18ClNO2S. The van der Waals surface area contributed by atoms with Gasteiger partial charge in [0, 0.05) is 19.0 Å². The highest BCUT2D eigenvalue weighted by molar-refractivity contribution is 7.89. The number of hydrogen-bond donors (Lipinski definition) is 0. The van der Waals surface area contributed by atoms with Gasteiger partial charge in [-0.3, -0.25) is 0 Å². The minimum Gasteiger partial charge on any atom is -0.212 e. The molecule has 3 nitrogen and oxygen atoms in total. The van der Waals surface area contributed by atoms with Crippen LogP contribution in [0.1, 0.15) is 26.7 Å². The number of halogens is 1. The van der Waals surface area contributed by atoms with E-state index >= 15 is 0 Å². The van der Waals surface area contributed by atoms with Crippen molar-refractivity contribution in [3.63, 3.8) is 0 Å².